The number of aromatic nitrogens is 6. The summed E-state index contributed by atoms with van der Waals surface area (Å²) in [6.45, 7) is 0.693. The molecule has 0 amide bonds. The zero-order chi connectivity index (χ0) is 30.6. The Morgan fingerprint density at radius 2 is 1.81 bits per heavy atom. The summed E-state index contributed by atoms with van der Waals surface area (Å²) >= 11 is 0. The Kier molecular flexibility index (Phi) is 8.25. The van der Waals surface area contributed by atoms with Crippen LogP contribution in [0.1, 0.15) is 30.9 Å². The van der Waals surface area contributed by atoms with Gasteiger partial charge in [0.05, 0.1) is 25.1 Å². The Balaban J connectivity index is 1.50. The first kappa shape index (κ1) is 30.6. The predicted octanol–water partition coefficient (Wildman–Crippen LogP) is -1.59. The molecule has 5 heterocycles. The summed E-state index contributed by atoms with van der Waals surface area (Å²) in [5.74, 6) is -1.06. The normalized spacial score (nSPS) is 27.6. The van der Waals surface area contributed by atoms with Gasteiger partial charge in [0.2, 0.25) is 0 Å². The number of phosphoric acid groups is 2. The molecule has 0 aromatic carbocycles. The Bertz CT molecular complexity index is 1680. The highest BCUT2D eigenvalue weighted by molar-refractivity contribution is 7.46. The second kappa shape index (κ2) is 11.3. The van der Waals surface area contributed by atoms with Crippen molar-refractivity contribution in [3.05, 3.63) is 45.3 Å². The molecule has 0 aliphatic carbocycles. The van der Waals surface area contributed by atoms with E-state index in [4.69, 9.17) is 19.7 Å². The van der Waals surface area contributed by atoms with E-state index in [1.165, 1.54) is 30.3 Å². The molecule has 22 heteroatoms. The summed E-state index contributed by atoms with van der Waals surface area (Å²) in [4.78, 5) is 76.6. The van der Waals surface area contributed by atoms with Gasteiger partial charge in [-0.25, -0.2) is 28.9 Å². The molecule has 7 unspecified atom stereocenters. The van der Waals surface area contributed by atoms with E-state index in [-0.39, 0.29) is 35.4 Å². The lowest BCUT2D eigenvalue weighted by Gasteiger charge is -2.32. The highest BCUT2D eigenvalue weighted by Gasteiger charge is 2.52. The molecule has 2 saturated heterocycles. The van der Waals surface area contributed by atoms with Crippen molar-refractivity contribution in [2.45, 2.75) is 56.6 Å². The van der Waals surface area contributed by atoms with E-state index in [1.54, 1.807) is 0 Å². The van der Waals surface area contributed by atoms with Crippen molar-refractivity contribution in [3.8, 4) is 0 Å². The first-order chi connectivity index (χ1) is 19.6. The van der Waals surface area contributed by atoms with Crippen molar-refractivity contribution in [1.29, 1.82) is 0 Å². The summed E-state index contributed by atoms with van der Waals surface area (Å²) in [5, 5.41) is 10.9. The van der Waals surface area contributed by atoms with Gasteiger partial charge >= 0.3 is 21.3 Å². The fourth-order valence-corrected chi connectivity index (χ4v) is 6.10. The quantitative estimate of drug-likeness (QED) is 0.130. The highest BCUT2D eigenvalue weighted by Crippen LogP contribution is 2.49. The summed E-state index contributed by atoms with van der Waals surface area (Å²) < 4.78 is 47.7. The number of ether oxygens (including phenoxy) is 2. The van der Waals surface area contributed by atoms with Gasteiger partial charge in [-0.1, -0.05) is 0 Å². The molecular formula is C20H27N7O13P2. The van der Waals surface area contributed by atoms with Crippen LogP contribution in [0.2, 0.25) is 0 Å². The minimum atomic E-state index is -5.29. The van der Waals surface area contributed by atoms with Crippen LogP contribution in [-0.2, 0) is 27.7 Å². The van der Waals surface area contributed by atoms with E-state index >= 15 is 0 Å². The topological polar surface area (TPSA) is 297 Å². The van der Waals surface area contributed by atoms with Gasteiger partial charge in [0.25, 0.3) is 5.56 Å². The number of H-pyrrole nitrogens is 1. The molecule has 7 atom stereocenters. The van der Waals surface area contributed by atoms with Crippen molar-refractivity contribution < 1.29 is 52.3 Å². The van der Waals surface area contributed by atoms with Crippen LogP contribution in [-0.4, -0.2) is 84.8 Å². The van der Waals surface area contributed by atoms with Crippen molar-refractivity contribution in [2.24, 2.45) is 5.92 Å². The standard InChI is InChI=1S/C20H27N7O13P2/c1-8-4-26(20(30)25-19(8)29)13-3-10(28)16(39-13)15(40-42(34,35)36)9-2-12(38-11(9)5-37-41(31,32)33)27-7-24-14-17(21)22-6-23-18(14)27/h4,6-7,9-13,15-16,28H,2-3,5H2,1H3,(H2,21,22,23)(H,25,29,30)(H2,31,32,33)(H2,34,35,36). The number of anilines is 1. The number of aliphatic hydroxyl groups is 1. The smallest absolute Gasteiger partial charge is 0.390 e. The molecule has 0 bridgehead atoms. The molecule has 0 saturated carbocycles. The molecule has 230 valence electrons. The number of nitrogens with one attached hydrogen (secondary N) is 1. The minimum absolute atomic E-state index is 0.0682. The third-order valence-electron chi connectivity index (χ3n) is 6.99. The first-order valence-electron chi connectivity index (χ1n) is 12.3. The van der Waals surface area contributed by atoms with Crippen LogP contribution in [0.5, 0.6) is 0 Å². The number of nitrogens with two attached hydrogens (primary N) is 1. The second-order valence-electron chi connectivity index (χ2n) is 9.80. The first-order valence-corrected chi connectivity index (χ1v) is 15.4. The number of nitrogens with zero attached hydrogens (tertiary/aromatic N) is 5. The van der Waals surface area contributed by atoms with Crippen molar-refractivity contribution >= 4 is 32.6 Å². The molecule has 0 spiro atoms. The summed E-state index contributed by atoms with van der Waals surface area (Å²) in [6, 6.07) is 0. The zero-order valence-electron chi connectivity index (χ0n) is 21.6. The number of aliphatic hydroxyl groups excluding tert-OH is 1. The average molecular weight is 635 g/mol. The summed E-state index contributed by atoms with van der Waals surface area (Å²) in [7, 11) is -10.3. The van der Waals surface area contributed by atoms with E-state index in [0.29, 0.717) is 0 Å². The average Bonchev–Trinajstić information content (AvgIpc) is 3.59. The Labute approximate surface area is 234 Å². The number of imidazole rings is 1. The number of aryl methyl sites for hydroxylation is 1. The number of aromatic amines is 1. The highest BCUT2D eigenvalue weighted by atomic mass is 31.2. The monoisotopic (exact) mass is 635 g/mol. The van der Waals surface area contributed by atoms with Gasteiger partial charge in [-0.2, -0.15) is 0 Å². The number of phosphoric ester groups is 2. The molecular weight excluding hydrogens is 608 g/mol. The largest absolute Gasteiger partial charge is 0.469 e. The number of hydrogen-bond donors (Lipinski definition) is 7. The maximum absolute atomic E-state index is 12.4. The van der Waals surface area contributed by atoms with Crippen LogP contribution in [0.15, 0.2) is 28.4 Å². The molecule has 20 nitrogen and oxygen atoms in total. The summed E-state index contributed by atoms with van der Waals surface area (Å²) in [6.07, 6.45) is -4.66. The SMILES string of the molecule is Cc1cn(C2CC(O)C(C(OP(=O)(O)O)C3CC(n4cnc5c(N)ncnc54)OC3COP(=O)(O)O)O2)c(=O)[nH]c1=O. The van der Waals surface area contributed by atoms with Gasteiger partial charge in [-0.15, -0.1) is 0 Å². The number of rotatable bonds is 9. The lowest BCUT2D eigenvalue weighted by atomic mass is 9.89. The second-order valence-corrected chi connectivity index (χ2v) is 12.2. The maximum atomic E-state index is 12.4. The summed E-state index contributed by atoms with van der Waals surface area (Å²) in [5.41, 5.74) is 5.01. The number of hydrogen-bond acceptors (Lipinski definition) is 13. The number of fused-ring (bicyclic) bond motifs is 1. The number of nitrogen functional groups attached to an aromatic ring is 1. The fourth-order valence-electron chi connectivity index (χ4n) is 5.17. The molecule has 3 aromatic heterocycles. The third kappa shape index (κ3) is 6.38. The lowest BCUT2D eigenvalue weighted by Crippen LogP contribution is -2.45. The lowest BCUT2D eigenvalue weighted by molar-refractivity contribution is -0.111. The molecule has 0 radical (unpaired) electrons. The third-order valence-corrected chi connectivity index (χ3v) is 7.99. The molecule has 42 heavy (non-hydrogen) atoms. The van der Waals surface area contributed by atoms with E-state index in [0.717, 1.165) is 4.57 Å². The van der Waals surface area contributed by atoms with Gasteiger partial charge in [0.1, 0.15) is 36.5 Å². The van der Waals surface area contributed by atoms with E-state index in [1.807, 2.05) is 0 Å². The van der Waals surface area contributed by atoms with Crippen molar-refractivity contribution in [1.82, 2.24) is 29.1 Å². The van der Waals surface area contributed by atoms with Crippen LogP contribution in [0, 0.1) is 12.8 Å². The van der Waals surface area contributed by atoms with Crippen LogP contribution >= 0.6 is 15.6 Å². The predicted molar refractivity (Wildman–Crippen MR) is 137 cm³/mol. The molecule has 3 aromatic rings. The molecule has 8 N–H and O–H groups in total. The van der Waals surface area contributed by atoms with Crippen molar-refractivity contribution in [3.63, 3.8) is 0 Å². The van der Waals surface area contributed by atoms with Crippen LogP contribution in [0.3, 0.4) is 0 Å². The molecule has 2 aliphatic rings. The molecule has 5 rings (SSSR count). The van der Waals surface area contributed by atoms with Crippen LogP contribution in [0.25, 0.3) is 11.2 Å². The van der Waals surface area contributed by atoms with E-state index < -0.39 is 76.3 Å². The van der Waals surface area contributed by atoms with Gasteiger partial charge < -0.3 is 39.9 Å². The van der Waals surface area contributed by atoms with Crippen LogP contribution in [0.4, 0.5) is 5.82 Å². The van der Waals surface area contributed by atoms with E-state index in [2.05, 4.69) is 24.5 Å². The van der Waals surface area contributed by atoms with Gasteiger partial charge in [0, 0.05) is 30.5 Å². The Morgan fingerprint density at radius 1 is 1.10 bits per heavy atom. The van der Waals surface area contributed by atoms with Crippen LogP contribution < -0.4 is 17.0 Å². The molecule has 2 fully saturated rings. The molecule has 2 aliphatic heterocycles. The van der Waals surface area contributed by atoms with Gasteiger partial charge in [-0.05, 0) is 6.92 Å². The zero-order valence-corrected chi connectivity index (χ0v) is 23.4. The van der Waals surface area contributed by atoms with Gasteiger partial charge in [-0.3, -0.25) is 28.0 Å². The minimum Gasteiger partial charge on any atom is -0.390 e. The Morgan fingerprint density at radius 3 is 2.50 bits per heavy atom. The van der Waals surface area contributed by atoms with Gasteiger partial charge in [0.15, 0.2) is 11.5 Å². The fraction of sp³-hybridized carbons (Fsp3) is 0.550. The van der Waals surface area contributed by atoms with E-state index in [9.17, 15) is 43.4 Å². The van der Waals surface area contributed by atoms with Crippen molar-refractivity contribution in [2.75, 3.05) is 12.3 Å². The Hall–Kier alpha value is -2.87. The maximum Gasteiger partial charge on any atom is 0.469 e.